The number of rotatable bonds is 8. The van der Waals surface area contributed by atoms with Gasteiger partial charge in [-0.25, -0.2) is 12.8 Å². The Kier molecular flexibility index (Phi) is 8.27. The fourth-order valence-electron chi connectivity index (χ4n) is 3.81. The highest BCUT2D eigenvalue weighted by Crippen LogP contribution is 2.30. The number of anilines is 1. The lowest BCUT2D eigenvalue weighted by Crippen LogP contribution is -2.47. The minimum absolute atomic E-state index is 0.0435. The lowest BCUT2D eigenvalue weighted by atomic mass is 10.0. The normalized spacial score (nSPS) is 15.6. The Labute approximate surface area is 199 Å². The van der Waals surface area contributed by atoms with Crippen molar-refractivity contribution < 1.29 is 27.1 Å². The topological polar surface area (TPSA) is 105 Å². The fraction of sp³-hybridized carbons (Fsp3) is 0.417. The second kappa shape index (κ2) is 11.0. The first kappa shape index (κ1) is 25.6. The minimum atomic E-state index is -3.73. The van der Waals surface area contributed by atoms with Crippen LogP contribution in [-0.2, 0) is 14.8 Å². The lowest BCUT2D eigenvalue weighted by molar-refractivity contribution is -0.118. The zero-order chi connectivity index (χ0) is 24.9. The highest BCUT2D eigenvalue weighted by atomic mass is 32.2. The summed E-state index contributed by atoms with van der Waals surface area (Å²) in [5.41, 5.74) is -0.00970. The third-order valence-corrected chi connectivity index (χ3v) is 7.63. The van der Waals surface area contributed by atoms with Crippen LogP contribution >= 0.6 is 0 Å². The quantitative estimate of drug-likeness (QED) is 0.589. The van der Waals surface area contributed by atoms with E-state index >= 15 is 0 Å². The van der Waals surface area contributed by atoms with Gasteiger partial charge in [-0.15, -0.1) is 0 Å². The van der Waals surface area contributed by atoms with Gasteiger partial charge in [-0.3, -0.25) is 9.59 Å². The number of sulfonamides is 1. The molecule has 8 nitrogen and oxygen atoms in total. The molecule has 184 valence electrons. The van der Waals surface area contributed by atoms with Crippen molar-refractivity contribution in [3.63, 3.8) is 0 Å². The Balaban J connectivity index is 1.84. The Morgan fingerprint density at radius 1 is 1.06 bits per heavy atom. The summed E-state index contributed by atoms with van der Waals surface area (Å²) in [5, 5.41) is 5.24. The van der Waals surface area contributed by atoms with E-state index in [1.807, 2.05) is 0 Å². The number of carbonyl (C=O) groups excluding carboxylic acids is 2. The molecule has 1 fully saturated rings. The molecule has 1 aliphatic heterocycles. The van der Waals surface area contributed by atoms with Crippen LogP contribution < -0.4 is 15.4 Å². The second-order valence-electron chi connectivity index (χ2n) is 8.49. The van der Waals surface area contributed by atoms with Crippen LogP contribution in [0.25, 0.3) is 0 Å². The number of piperidine rings is 1. The third kappa shape index (κ3) is 5.74. The molecule has 0 radical (unpaired) electrons. The number of halogens is 1. The van der Waals surface area contributed by atoms with E-state index < -0.39 is 33.7 Å². The van der Waals surface area contributed by atoms with Crippen LogP contribution in [0, 0.1) is 11.7 Å². The molecule has 10 heteroatoms. The number of carbonyl (C=O) groups is 2. The summed E-state index contributed by atoms with van der Waals surface area (Å²) in [6.45, 7) is 4.38. The molecule has 2 aromatic rings. The van der Waals surface area contributed by atoms with E-state index in [0.29, 0.717) is 13.1 Å². The van der Waals surface area contributed by atoms with Crippen molar-refractivity contribution >= 4 is 27.5 Å². The van der Waals surface area contributed by atoms with E-state index in [0.717, 1.165) is 19.3 Å². The SMILES string of the molecule is COc1ccc(S(=O)(=O)N2CCCCC2)cc1NC(=O)[C@@H](NC(=O)c1ccccc1F)C(C)C. The largest absolute Gasteiger partial charge is 0.495 e. The van der Waals surface area contributed by atoms with Crippen LogP contribution in [0.5, 0.6) is 5.75 Å². The molecule has 0 saturated carbocycles. The van der Waals surface area contributed by atoms with Crippen molar-refractivity contribution in [1.29, 1.82) is 0 Å². The van der Waals surface area contributed by atoms with Crippen molar-refractivity contribution in [2.75, 3.05) is 25.5 Å². The monoisotopic (exact) mass is 491 g/mol. The molecule has 0 spiro atoms. The first-order valence-electron chi connectivity index (χ1n) is 11.2. The number of hydrogen-bond acceptors (Lipinski definition) is 5. The number of hydrogen-bond donors (Lipinski definition) is 2. The molecule has 2 amide bonds. The van der Waals surface area contributed by atoms with E-state index in [4.69, 9.17) is 4.74 Å². The van der Waals surface area contributed by atoms with Crippen LogP contribution in [0.4, 0.5) is 10.1 Å². The number of ether oxygens (including phenoxy) is 1. The molecular formula is C24H30FN3O5S. The average Bonchev–Trinajstić information content (AvgIpc) is 2.82. The Hall–Kier alpha value is -2.98. The number of nitrogens with zero attached hydrogens (tertiary/aromatic N) is 1. The van der Waals surface area contributed by atoms with Gasteiger partial charge in [0, 0.05) is 13.1 Å². The zero-order valence-electron chi connectivity index (χ0n) is 19.5. The summed E-state index contributed by atoms with van der Waals surface area (Å²) in [5.74, 6) is -2.05. The van der Waals surface area contributed by atoms with Gasteiger partial charge in [-0.2, -0.15) is 4.31 Å². The van der Waals surface area contributed by atoms with E-state index in [1.165, 1.54) is 53.9 Å². The van der Waals surface area contributed by atoms with Crippen LogP contribution in [0.15, 0.2) is 47.4 Å². The maximum absolute atomic E-state index is 14.0. The summed E-state index contributed by atoms with van der Waals surface area (Å²) in [7, 11) is -2.32. The van der Waals surface area contributed by atoms with E-state index in [9.17, 15) is 22.4 Å². The molecule has 0 aliphatic carbocycles. The van der Waals surface area contributed by atoms with Crippen molar-refractivity contribution in [2.24, 2.45) is 5.92 Å². The molecule has 2 aromatic carbocycles. The fourth-order valence-corrected chi connectivity index (χ4v) is 5.35. The van der Waals surface area contributed by atoms with Gasteiger partial charge in [0.1, 0.15) is 17.6 Å². The number of nitrogens with one attached hydrogen (secondary N) is 2. The predicted octanol–water partition coefficient (Wildman–Crippen LogP) is 3.40. The number of amides is 2. The van der Waals surface area contributed by atoms with Gasteiger partial charge in [0.2, 0.25) is 15.9 Å². The molecule has 3 rings (SSSR count). The standard InChI is InChI=1S/C24H30FN3O5S/c1-16(2)22(27-23(29)18-9-5-6-10-19(18)25)24(30)26-20-15-17(11-12-21(20)33-3)34(31,32)28-13-7-4-8-14-28/h5-6,9-12,15-16,22H,4,7-8,13-14H2,1-3H3,(H,26,30)(H,27,29)/t22-/m0/s1. The van der Waals surface area contributed by atoms with Crippen LogP contribution in [-0.4, -0.2) is 50.8 Å². The van der Waals surface area contributed by atoms with Crippen molar-refractivity contribution in [3.05, 3.63) is 53.8 Å². The number of benzene rings is 2. The highest BCUT2D eigenvalue weighted by Gasteiger charge is 2.29. The molecule has 34 heavy (non-hydrogen) atoms. The Bertz CT molecular complexity index is 1150. The molecule has 0 aromatic heterocycles. The second-order valence-corrected chi connectivity index (χ2v) is 10.4. The van der Waals surface area contributed by atoms with Crippen LogP contribution in [0.2, 0.25) is 0 Å². The summed E-state index contributed by atoms with van der Waals surface area (Å²) >= 11 is 0. The lowest BCUT2D eigenvalue weighted by Gasteiger charge is -2.26. The van der Waals surface area contributed by atoms with Crippen molar-refractivity contribution in [3.8, 4) is 5.75 Å². The van der Waals surface area contributed by atoms with Gasteiger partial charge >= 0.3 is 0 Å². The molecule has 0 bridgehead atoms. The zero-order valence-corrected chi connectivity index (χ0v) is 20.3. The molecule has 0 unspecified atom stereocenters. The summed E-state index contributed by atoms with van der Waals surface area (Å²) in [4.78, 5) is 25.7. The van der Waals surface area contributed by atoms with Crippen molar-refractivity contribution in [2.45, 2.75) is 44.0 Å². The number of methoxy groups -OCH3 is 1. The van der Waals surface area contributed by atoms with Gasteiger partial charge in [0.25, 0.3) is 5.91 Å². The molecule has 2 N–H and O–H groups in total. The first-order chi connectivity index (χ1) is 16.1. The minimum Gasteiger partial charge on any atom is -0.495 e. The molecular weight excluding hydrogens is 461 g/mol. The maximum Gasteiger partial charge on any atom is 0.254 e. The van der Waals surface area contributed by atoms with Gasteiger partial charge in [-0.1, -0.05) is 32.4 Å². The Morgan fingerprint density at radius 2 is 1.74 bits per heavy atom. The molecule has 1 heterocycles. The molecule has 1 saturated heterocycles. The molecule has 1 atom stereocenters. The van der Waals surface area contributed by atoms with E-state index in [-0.39, 0.29) is 27.8 Å². The third-order valence-electron chi connectivity index (χ3n) is 5.74. The smallest absolute Gasteiger partial charge is 0.254 e. The summed E-state index contributed by atoms with van der Waals surface area (Å²) < 4.78 is 46.9. The predicted molar refractivity (Wildman–Crippen MR) is 127 cm³/mol. The first-order valence-corrected chi connectivity index (χ1v) is 12.6. The van der Waals surface area contributed by atoms with Gasteiger partial charge in [0.15, 0.2) is 0 Å². The Morgan fingerprint density at radius 3 is 2.35 bits per heavy atom. The van der Waals surface area contributed by atoms with Gasteiger partial charge in [0.05, 0.1) is 23.3 Å². The van der Waals surface area contributed by atoms with E-state index in [2.05, 4.69) is 10.6 Å². The van der Waals surface area contributed by atoms with Crippen LogP contribution in [0.3, 0.4) is 0 Å². The van der Waals surface area contributed by atoms with Gasteiger partial charge in [-0.05, 0) is 49.1 Å². The van der Waals surface area contributed by atoms with E-state index in [1.54, 1.807) is 13.8 Å². The molecule has 1 aliphatic rings. The average molecular weight is 492 g/mol. The maximum atomic E-state index is 14.0. The van der Waals surface area contributed by atoms with Crippen molar-refractivity contribution in [1.82, 2.24) is 9.62 Å². The summed E-state index contributed by atoms with van der Waals surface area (Å²) in [6, 6.07) is 8.77. The highest BCUT2D eigenvalue weighted by molar-refractivity contribution is 7.89. The summed E-state index contributed by atoms with van der Waals surface area (Å²) in [6.07, 6.45) is 2.60. The van der Waals surface area contributed by atoms with Crippen LogP contribution in [0.1, 0.15) is 43.5 Å². The van der Waals surface area contributed by atoms with Gasteiger partial charge < -0.3 is 15.4 Å².